The first-order valence-corrected chi connectivity index (χ1v) is 11.5. The number of hydrogen-bond donors (Lipinski definition) is 4. The van der Waals surface area contributed by atoms with Crippen LogP contribution in [0.5, 0.6) is 0 Å². The van der Waals surface area contributed by atoms with Crippen molar-refractivity contribution in [1.29, 1.82) is 0 Å². The van der Waals surface area contributed by atoms with Crippen LogP contribution in [-0.2, 0) is 0 Å². The number of nitrogens with one attached hydrogen (secondary N) is 4. The van der Waals surface area contributed by atoms with Gasteiger partial charge >= 0.3 is 6.03 Å². The molecule has 6 nitrogen and oxygen atoms in total. The molecule has 172 valence electrons. The lowest BCUT2D eigenvalue weighted by molar-refractivity contribution is 0.0935. The minimum absolute atomic E-state index is 0.0264. The number of urea groups is 1. The summed E-state index contributed by atoms with van der Waals surface area (Å²) in [6.45, 7) is 1.57. The van der Waals surface area contributed by atoms with E-state index in [0.717, 1.165) is 42.0 Å². The maximum Gasteiger partial charge on any atom is 0.323 e. The zero-order valence-electron chi connectivity index (χ0n) is 17.4. The Morgan fingerprint density at radius 3 is 2.45 bits per heavy atom. The van der Waals surface area contributed by atoms with Crippen molar-refractivity contribution >= 4 is 46.3 Å². The third kappa shape index (κ3) is 5.68. The van der Waals surface area contributed by atoms with Gasteiger partial charge in [0.25, 0.3) is 5.91 Å². The smallest absolute Gasteiger partial charge is 0.323 e. The van der Waals surface area contributed by atoms with Crippen LogP contribution in [0.15, 0.2) is 48.5 Å². The SMILES string of the molecule is O=C(Nc1cc(-c2ccc(Cl)cc2)sc1C(=O)N[C@H]1CCCNC1)Nc1c(F)cccc1F. The molecule has 3 aromatic rings. The first-order chi connectivity index (χ1) is 15.9. The lowest BCUT2D eigenvalue weighted by Gasteiger charge is -2.23. The molecular formula is C23H21ClF2N4O2S. The van der Waals surface area contributed by atoms with Crippen LogP contribution in [0.2, 0.25) is 5.02 Å². The van der Waals surface area contributed by atoms with E-state index in [2.05, 4.69) is 21.3 Å². The zero-order chi connectivity index (χ0) is 23.4. The van der Waals surface area contributed by atoms with Crippen LogP contribution in [0.1, 0.15) is 22.5 Å². The molecule has 1 fully saturated rings. The monoisotopic (exact) mass is 490 g/mol. The molecule has 1 aliphatic rings. The number of carbonyl (C=O) groups is 2. The van der Waals surface area contributed by atoms with Gasteiger partial charge in [-0.25, -0.2) is 13.6 Å². The molecule has 2 heterocycles. The molecule has 0 spiro atoms. The summed E-state index contributed by atoms with van der Waals surface area (Å²) in [5.74, 6) is -2.14. The van der Waals surface area contributed by atoms with E-state index in [0.29, 0.717) is 11.6 Å². The predicted molar refractivity (Wildman–Crippen MR) is 127 cm³/mol. The highest BCUT2D eigenvalue weighted by atomic mass is 35.5. The molecule has 1 aromatic heterocycles. The van der Waals surface area contributed by atoms with E-state index < -0.39 is 23.4 Å². The molecule has 10 heteroatoms. The summed E-state index contributed by atoms with van der Waals surface area (Å²) in [4.78, 5) is 26.6. The number of amides is 3. The fourth-order valence-corrected chi connectivity index (χ4v) is 4.67. The molecule has 1 aliphatic heterocycles. The normalized spacial score (nSPS) is 15.7. The summed E-state index contributed by atoms with van der Waals surface area (Å²) >= 11 is 7.18. The van der Waals surface area contributed by atoms with E-state index in [1.807, 2.05) is 0 Å². The molecule has 0 aliphatic carbocycles. The van der Waals surface area contributed by atoms with Crippen LogP contribution in [0.3, 0.4) is 0 Å². The third-order valence-electron chi connectivity index (χ3n) is 5.15. The van der Waals surface area contributed by atoms with Gasteiger partial charge in [0.15, 0.2) is 0 Å². The summed E-state index contributed by atoms with van der Waals surface area (Å²) < 4.78 is 27.8. The van der Waals surface area contributed by atoms with Crippen LogP contribution in [-0.4, -0.2) is 31.1 Å². The van der Waals surface area contributed by atoms with Crippen molar-refractivity contribution in [2.24, 2.45) is 0 Å². The fourth-order valence-electron chi connectivity index (χ4n) is 3.52. The van der Waals surface area contributed by atoms with Crippen LogP contribution < -0.4 is 21.3 Å². The average molecular weight is 491 g/mol. The number of rotatable bonds is 5. The molecule has 0 bridgehead atoms. The predicted octanol–water partition coefficient (Wildman–Crippen LogP) is 5.47. The third-order valence-corrected chi connectivity index (χ3v) is 6.58. The van der Waals surface area contributed by atoms with Crippen molar-refractivity contribution in [3.63, 3.8) is 0 Å². The van der Waals surface area contributed by atoms with Gasteiger partial charge in [-0.2, -0.15) is 0 Å². The standard InChI is InChI=1S/C23H21ClF2N4O2S/c24-14-8-6-13(7-9-14)19-11-18(21(33-19)22(31)28-15-3-2-10-27-12-15)29-23(32)30-20-16(25)4-1-5-17(20)26/h1,4-9,11,15,27H,2-3,10,12H2,(H,28,31)(H2,29,30,32)/t15-/m0/s1. The summed E-state index contributed by atoms with van der Waals surface area (Å²) in [5.41, 5.74) is 0.481. The van der Waals surface area contributed by atoms with Gasteiger partial charge in [-0.15, -0.1) is 11.3 Å². The molecule has 3 amide bonds. The Hall–Kier alpha value is -3.01. The molecule has 0 radical (unpaired) electrons. The van der Waals surface area contributed by atoms with Gasteiger partial charge in [-0.3, -0.25) is 4.79 Å². The summed E-state index contributed by atoms with van der Waals surface area (Å²) in [6.07, 6.45) is 1.80. The Bertz CT molecular complexity index is 1140. The minimum Gasteiger partial charge on any atom is -0.347 e. The van der Waals surface area contributed by atoms with E-state index in [-0.39, 0.29) is 22.5 Å². The van der Waals surface area contributed by atoms with Gasteiger partial charge in [-0.1, -0.05) is 29.8 Å². The van der Waals surface area contributed by atoms with Crippen molar-refractivity contribution in [3.8, 4) is 10.4 Å². The van der Waals surface area contributed by atoms with Gasteiger partial charge in [0, 0.05) is 22.5 Å². The molecule has 4 rings (SSSR count). The number of halogens is 3. The summed E-state index contributed by atoms with van der Waals surface area (Å²) in [5, 5.41) is 11.5. The van der Waals surface area contributed by atoms with Gasteiger partial charge in [-0.05, 0) is 55.3 Å². The van der Waals surface area contributed by atoms with E-state index in [9.17, 15) is 18.4 Å². The molecule has 4 N–H and O–H groups in total. The van der Waals surface area contributed by atoms with Crippen LogP contribution in [0, 0.1) is 11.6 Å². The van der Waals surface area contributed by atoms with E-state index >= 15 is 0 Å². The van der Waals surface area contributed by atoms with Crippen LogP contribution in [0.25, 0.3) is 10.4 Å². The summed E-state index contributed by atoms with van der Waals surface area (Å²) in [6, 6.07) is 11.1. The highest BCUT2D eigenvalue weighted by molar-refractivity contribution is 7.18. The van der Waals surface area contributed by atoms with E-state index in [4.69, 9.17) is 11.6 Å². The zero-order valence-corrected chi connectivity index (χ0v) is 19.0. The number of anilines is 2. The number of piperidine rings is 1. The average Bonchev–Trinajstić information content (AvgIpc) is 3.21. The maximum absolute atomic E-state index is 13.9. The van der Waals surface area contributed by atoms with Crippen molar-refractivity contribution < 1.29 is 18.4 Å². The minimum atomic E-state index is -0.903. The van der Waals surface area contributed by atoms with Crippen LogP contribution in [0.4, 0.5) is 25.0 Å². The Morgan fingerprint density at radius 2 is 1.79 bits per heavy atom. The second-order valence-corrected chi connectivity index (χ2v) is 9.04. The molecule has 1 atom stereocenters. The number of thiophene rings is 1. The largest absolute Gasteiger partial charge is 0.347 e. The topological polar surface area (TPSA) is 82.3 Å². The molecule has 2 aromatic carbocycles. The van der Waals surface area contributed by atoms with Crippen molar-refractivity contribution in [2.75, 3.05) is 23.7 Å². The van der Waals surface area contributed by atoms with Gasteiger partial charge in [0.05, 0.1) is 5.69 Å². The number of benzene rings is 2. The lowest BCUT2D eigenvalue weighted by Crippen LogP contribution is -2.45. The lowest BCUT2D eigenvalue weighted by atomic mass is 10.1. The maximum atomic E-state index is 13.9. The second kappa shape index (κ2) is 10.3. The summed E-state index contributed by atoms with van der Waals surface area (Å²) in [7, 11) is 0. The van der Waals surface area contributed by atoms with Crippen molar-refractivity contribution in [3.05, 3.63) is 70.1 Å². The molecular weight excluding hydrogens is 470 g/mol. The van der Waals surface area contributed by atoms with Gasteiger partial charge in [0.2, 0.25) is 0 Å². The Balaban J connectivity index is 1.59. The highest BCUT2D eigenvalue weighted by Gasteiger charge is 2.23. The van der Waals surface area contributed by atoms with E-state index in [1.165, 1.54) is 17.4 Å². The molecule has 0 saturated carbocycles. The number of hydrogen-bond acceptors (Lipinski definition) is 4. The van der Waals surface area contributed by atoms with Crippen molar-refractivity contribution in [2.45, 2.75) is 18.9 Å². The van der Waals surface area contributed by atoms with Gasteiger partial charge < -0.3 is 21.3 Å². The van der Waals surface area contributed by atoms with Gasteiger partial charge in [0.1, 0.15) is 22.2 Å². The first-order valence-electron chi connectivity index (χ1n) is 10.3. The first kappa shape index (κ1) is 23.2. The quantitative estimate of drug-likeness (QED) is 0.382. The fraction of sp³-hybridized carbons (Fsp3) is 0.217. The molecule has 33 heavy (non-hydrogen) atoms. The Labute approximate surface area is 198 Å². The molecule has 1 saturated heterocycles. The number of para-hydroxylation sites is 1. The Morgan fingerprint density at radius 1 is 1.06 bits per heavy atom. The number of carbonyl (C=O) groups excluding carboxylic acids is 2. The highest BCUT2D eigenvalue weighted by Crippen LogP contribution is 2.35. The van der Waals surface area contributed by atoms with E-state index in [1.54, 1.807) is 30.3 Å². The van der Waals surface area contributed by atoms with Crippen molar-refractivity contribution in [1.82, 2.24) is 10.6 Å². The second-order valence-electron chi connectivity index (χ2n) is 7.55. The van der Waals surface area contributed by atoms with Crippen LogP contribution >= 0.6 is 22.9 Å². The molecule has 0 unspecified atom stereocenters. The Kier molecular flexibility index (Phi) is 7.22.